The van der Waals surface area contributed by atoms with Crippen LogP contribution in [0, 0.1) is 5.82 Å². The number of carbonyl (C=O) groups excluding carboxylic acids is 2. The van der Waals surface area contributed by atoms with Gasteiger partial charge < -0.3 is 4.90 Å². The highest BCUT2D eigenvalue weighted by atomic mass is 19.1. The van der Waals surface area contributed by atoms with Gasteiger partial charge in [-0.3, -0.25) is 9.59 Å². The lowest BCUT2D eigenvalue weighted by Crippen LogP contribution is -2.44. The molecule has 1 heterocycles. The van der Waals surface area contributed by atoms with Crippen LogP contribution >= 0.6 is 0 Å². The van der Waals surface area contributed by atoms with Crippen molar-refractivity contribution in [2.45, 2.75) is 32.7 Å². The molecule has 0 saturated carbocycles. The van der Waals surface area contributed by atoms with E-state index in [0.29, 0.717) is 11.3 Å². The zero-order valence-electron chi connectivity index (χ0n) is 13.2. The lowest BCUT2D eigenvalue weighted by atomic mass is 9.94. The third-order valence-corrected chi connectivity index (χ3v) is 4.27. The molecule has 118 valence electrons. The monoisotopic (exact) mass is 311 g/mol. The van der Waals surface area contributed by atoms with Gasteiger partial charge in [0.25, 0.3) is 5.91 Å². The summed E-state index contributed by atoms with van der Waals surface area (Å²) < 4.78 is 13.4. The average molecular weight is 311 g/mol. The largest absolute Gasteiger partial charge is 0.304 e. The Kier molecular flexibility index (Phi) is 3.99. The Morgan fingerprint density at radius 2 is 1.91 bits per heavy atom. The highest BCUT2D eigenvalue weighted by molar-refractivity contribution is 6.13. The van der Waals surface area contributed by atoms with Crippen LogP contribution in [0.4, 0.5) is 10.1 Å². The van der Waals surface area contributed by atoms with Crippen molar-refractivity contribution in [3.05, 3.63) is 65.0 Å². The first-order valence-electron chi connectivity index (χ1n) is 7.76. The van der Waals surface area contributed by atoms with Crippen molar-refractivity contribution in [1.29, 1.82) is 0 Å². The second kappa shape index (κ2) is 5.95. The van der Waals surface area contributed by atoms with E-state index < -0.39 is 5.82 Å². The molecule has 1 unspecified atom stereocenters. The zero-order chi connectivity index (χ0) is 16.6. The molecule has 0 fully saturated rings. The van der Waals surface area contributed by atoms with E-state index in [0.717, 1.165) is 12.0 Å². The summed E-state index contributed by atoms with van der Waals surface area (Å²) in [5.41, 5.74) is 2.49. The van der Waals surface area contributed by atoms with Gasteiger partial charge in [0, 0.05) is 23.6 Å². The fourth-order valence-corrected chi connectivity index (χ4v) is 2.98. The molecule has 3 rings (SSSR count). The van der Waals surface area contributed by atoms with Crippen molar-refractivity contribution >= 4 is 17.4 Å². The minimum absolute atomic E-state index is 0.127. The van der Waals surface area contributed by atoms with Gasteiger partial charge in [0.15, 0.2) is 5.78 Å². The molecule has 1 amide bonds. The van der Waals surface area contributed by atoms with E-state index in [-0.39, 0.29) is 29.7 Å². The second-order valence-corrected chi connectivity index (χ2v) is 5.86. The third kappa shape index (κ3) is 2.77. The Balaban J connectivity index is 2.02. The van der Waals surface area contributed by atoms with Crippen LogP contribution in [0.3, 0.4) is 0 Å². The number of ketones is 1. The smallest absolute Gasteiger partial charge is 0.258 e. The number of Topliss-reactive ketones (excluding diaryl/α,β-unsaturated/α-hetero) is 1. The average Bonchev–Trinajstić information content (AvgIpc) is 2.55. The molecule has 0 aliphatic carbocycles. The molecule has 0 bridgehead atoms. The molecule has 0 spiro atoms. The minimum Gasteiger partial charge on any atom is -0.304 e. The molecule has 1 aliphatic heterocycles. The summed E-state index contributed by atoms with van der Waals surface area (Å²) in [6.45, 7) is 3.89. The highest BCUT2D eigenvalue weighted by Crippen LogP contribution is 2.32. The van der Waals surface area contributed by atoms with Crippen LogP contribution in [0.1, 0.15) is 46.5 Å². The summed E-state index contributed by atoms with van der Waals surface area (Å²) >= 11 is 0. The van der Waals surface area contributed by atoms with Crippen molar-refractivity contribution < 1.29 is 14.0 Å². The molecule has 0 saturated heterocycles. The van der Waals surface area contributed by atoms with Gasteiger partial charge in [0.05, 0.1) is 5.69 Å². The zero-order valence-corrected chi connectivity index (χ0v) is 13.2. The lowest BCUT2D eigenvalue weighted by Gasteiger charge is -2.34. The Labute approximate surface area is 134 Å². The fourth-order valence-electron chi connectivity index (χ4n) is 2.98. The first-order chi connectivity index (χ1) is 11.0. The standard InChI is InChI=1S/C19H18FNO2/c1-3-13-4-6-14(7-5-13)19(23)21-12(2)10-18(22)16-11-15(20)8-9-17(16)21/h4-9,11-12H,3,10H2,1-2H3. The van der Waals surface area contributed by atoms with Crippen molar-refractivity contribution in [3.63, 3.8) is 0 Å². The number of amides is 1. The number of rotatable bonds is 2. The second-order valence-electron chi connectivity index (χ2n) is 5.86. The van der Waals surface area contributed by atoms with E-state index in [1.54, 1.807) is 17.0 Å². The van der Waals surface area contributed by atoms with Gasteiger partial charge in [-0.1, -0.05) is 19.1 Å². The summed E-state index contributed by atoms with van der Waals surface area (Å²) in [7, 11) is 0. The summed E-state index contributed by atoms with van der Waals surface area (Å²) in [5.74, 6) is -0.760. The van der Waals surface area contributed by atoms with E-state index in [1.165, 1.54) is 18.2 Å². The normalized spacial score (nSPS) is 17.1. The Morgan fingerprint density at radius 3 is 2.57 bits per heavy atom. The summed E-state index contributed by atoms with van der Waals surface area (Å²) in [6, 6.07) is 11.2. The minimum atomic E-state index is -0.466. The van der Waals surface area contributed by atoms with Crippen LogP contribution in [0.5, 0.6) is 0 Å². The Hall–Kier alpha value is -2.49. The SMILES string of the molecule is CCc1ccc(C(=O)N2c3ccc(F)cc3C(=O)CC2C)cc1. The van der Waals surface area contributed by atoms with Gasteiger partial charge in [-0.05, 0) is 49.2 Å². The van der Waals surface area contributed by atoms with Crippen molar-refractivity contribution in [2.24, 2.45) is 0 Å². The maximum Gasteiger partial charge on any atom is 0.258 e. The van der Waals surface area contributed by atoms with E-state index >= 15 is 0 Å². The Bertz CT molecular complexity index is 767. The van der Waals surface area contributed by atoms with Crippen molar-refractivity contribution in [2.75, 3.05) is 4.90 Å². The number of carbonyl (C=O) groups is 2. The number of benzene rings is 2. The number of anilines is 1. The van der Waals surface area contributed by atoms with Gasteiger partial charge in [0.1, 0.15) is 5.82 Å². The van der Waals surface area contributed by atoms with Crippen LogP contribution in [-0.4, -0.2) is 17.7 Å². The van der Waals surface area contributed by atoms with Crippen LogP contribution in [0.25, 0.3) is 0 Å². The number of hydrogen-bond donors (Lipinski definition) is 0. The first-order valence-corrected chi connectivity index (χ1v) is 7.76. The molecule has 0 aromatic heterocycles. The van der Waals surface area contributed by atoms with Gasteiger partial charge in [-0.15, -0.1) is 0 Å². The molecular weight excluding hydrogens is 293 g/mol. The van der Waals surface area contributed by atoms with Crippen molar-refractivity contribution in [3.8, 4) is 0 Å². The molecule has 1 aliphatic rings. The van der Waals surface area contributed by atoms with Crippen LogP contribution in [0.15, 0.2) is 42.5 Å². The van der Waals surface area contributed by atoms with Gasteiger partial charge >= 0.3 is 0 Å². The maximum atomic E-state index is 13.4. The molecule has 1 atom stereocenters. The lowest BCUT2D eigenvalue weighted by molar-refractivity contribution is 0.0936. The fraction of sp³-hybridized carbons (Fsp3) is 0.263. The van der Waals surface area contributed by atoms with Crippen LogP contribution in [-0.2, 0) is 6.42 Å². The molecule has 2 aromatic carbocycles. The number of fused-ring (bicyclic) bond motifs is 1. The first kappa shape index (κ1) is 15.4. The summed E-state index contributed by atoms with van der Waals surface area (Å²) in [6.07, 6.45) is 1.11. The van der Waals surface area contributed by atoms with Gasteiger partial charge in [-0.2, -0.15) is 0 Å². The van der Waals surface area contributed by atoms with E-state index in [4.69, 9.17) is 0 Å². The molecule has 2 aromatic rings. The molecule has 0 radical (unpaired) electrons. The predicted octanol–water partition coefficient (Wildman–Crippen LogP) is 4.01. The molecule has 3 nitrogen and oxygen atoms in total. The van der Waals surface area contributed by atoms with Crippen LogP contribution in [0.2, 0.25) is 0 Å². The number of aryl methyl sites for hydroxylation is 1. The molecule has 4 heteroatoms. The molecule has 0 N–H and O–H groups in total. The van der Waals surface area contributed by atoms with Crippen molar-refractivity contribution in [1.82, 2.24) is 0 Å². The third-order valence-electron chi connectivity index (χ3n) is 4.27. The maximum absolute atomic E-state index is 13.4. The highest BCUT2D eigenvalue weighted by Gasteiger charge is 2.33. The molecule has 23 heavy (non-hydrogen) atoms. The number of nitrogens with zero attached hydrogens (tertiary/aromatic N) is 1. The topological polar surface area (TPSA) is 37.4 Å². The Morgan fingerprint density at radius 1 is 1.22 bits per heavy atom. The van der Waals surface area contributed by atoms with E-state index in [9.17, 15) is 14.0 Å². The number of hydrogen-bond acceptors (Lipinski definition) is 2. The molecular formula is C19H18FNO2. The summed E-state index contributed by atoms with van der Waals surface area (Å²) in [5, 5.41) is 0. The van der Waals surface area contributed by atoms with Gasteiger partial charge in [-0.25, -0.2) is 4.39 Å². The van der Waals surface area contributed by atoms with E-state index in [1.807, 2.05) is 19.1 Å². The quantitative estimate of drug-likeness (QED) is 0.840. The predicted molar refractivity (Wildman–Crippen MR) is 87.4 cm³/mol. The van der Waals surface area contributed by atoms with E-state index in [2.05, 4.69) is 6.92 Å². The summed E-state index contributed by atoms with van der Waals surface area (Å²) in [4.78, 5) is 26.6. The van der Waals surface area contributed by atoms with Gasteiger partial charge in [0.2, 0.25) is 0 Å². The van der Waals surface area contributed by atoms with Crippen LogP contribution < -0.4 is 4.90 Å². The number of halogens is 1.